The Morgan fingerprint density at radius 1 is 1.12 bits per heavy atom. The first-order chi connectivity index (χ1) is 11.6. The van der Waals surface area contributed by atoms with E-state index < -0.39 is 5.91 Å². The first-order valence-corrected chi connectivity index (χ1v) is 7.49. The summed E-state index contributed by atoms with van der Waals surface area (Å²) in [5.41, 5.74) is 6.39. The van der Waals surface area contributed by atoms with E-state index in [1.54, 1.807) is 30.3 Å². The van der Waals surface area contributed by atoms with Crippen LogP contribution in [0.1, 0.15) is 20.8 Å². The number of hydrogen-bond donors (Lipinski definition) is 2. The zero-order valence-electron chi connectivity index (χ0n) is 12.9. The maximum atomic E-state index is 12.3. The van der Waals surface area contributed by atoms with Gasteiger partial charge in [0.05, 0.1) is 13.2 Å². The van der Waals surface area contributed by atoms with Crippen LogP contribution < -0.4 is 16.0 Å². The number of carbonyl (C=O) groups is 2. The smallest absolute Gasteiger partial charge is 0.274 e. The Labute approximate surface area is 138 Å². The molecule has 8 heteroatoms. The Hall–Kier alpha value is -3.00. The molecule has 0 aliphatic carbocycles. The maximum Gasteiger partial charge on any atom is 0.274 e. The van der Waals surface area contributed by atoms with Gasteiger partial charge in [0.2, 0.25) is 5.91 Å². The van der Waals surface area contributed by atoms with Crippen molar-refractivity contribution in [3.05, 3.63) is 47.9 Å². The van der Waals surface area contributed by atoms with Crippen molar-refractivity contribution >= 4 is 23.3 Å². The molecule has 3 N–H and O–H groups in total. The van der Waals surface area contributed by atoms with Crippen molar-refractivity contribution in [3.8, 4) is 0 Å². The lowest BCUT2D eigenvalue weighted by molar-refractivity contribution is 0.0997. The molecule has 1 aromatic heterocycles. The van der Waals surface area contributed by atoms with E-state index in [1.165, 1.54) is 6.33 Å². The van der Waals surface area contributed by atoms with Crippen LogP contribution in [0.2, 0.25) is 0 Å². The summed E-state index contributed by atoms with van der Waals surface area (Å²) >= 11 is 0. The van der Waals surface area contributed by atoms with Crippen molar-refractivity contribution in [2.45, 2.75) is 0 Å². The average molecular weight is 327 g/mol. The molecule has 0 atom stereocenters. The molecule has 0 radical (unpaired) electrons. The summed E-state index contributed by atoms with van der Waals surface area (Å²) in [4.78, 5) is 33.7. The highest BCUT2D eigenvalue weighted by Crippen LogP contribution is 2.15. The summed E-state index contributed by atoms with van der Waals surface area (Å²) in [5.74, 6) is -0.167. The van der Waals surface area contributed by atoms with E-state index in [-0.39, 0.29) is 11.6 Å². The van der Waals surface area contributed by atoms with E-state index in [2.05, 4.69) is 15.3 Å². The molecular formula is C16H17N5O3. The van der Waals surface area contributed by atoms with Crippen LogP contribution in [0.15, 0.2) is 36.7 Å². The van der Waals surface area contributed by atoms with Gasteiger partial charge in [0, 0.05) is 30.4 Å². The predicted molar refractivity (Wildman–Crippen MR) is 88.0 cm³/mol. The number of ether oxygens (including phenoxy) is 1. The number of benzene rings is 1. The molecule has 1 aliphatic rings. The standard InChI is InChI=1S/C16H17N5O3/c17-15(22)11-1-3-12(4-2-11)20-16(23)13-9-14(19-10-18-13)21-5-7-24-8-6-21/h1-4,9-10H,5-8H2,(H2,17,22)(H,20,23). The van der Waals surface area contributed by atoms with Gasteiger partial charge in [-0.3, -0.25) is 9.59 Å². The third-order valence-electron chi connectivity index (χ3n) is 3.65. The zero-order chi connectivity index (χ0) is 16.9. The normalized spacial score (nSPS) is 14.2. The number of nitrogens with one attached hydrogen (secondary N) is 1. The highest BCUT2D eigenvalue weighted by Gasteiger charge is 2.15. The van der Waals surface area contributed by atoms with E-state index in [0.29, 0.717) is 30.3 Å². The molecule has 0 unspecified atom stereocenters. The number of primary amides is 1. The third kappa shape index (κ3) is 3.66. The highest BCUT2D eigenvalue weighted by molar-refractivity contribution is 6.03. The van der Waals surface area contributed by atoms with E-state index >= 15 is 0 Å². The van der Waals surface area contributed by atoms with Crippen LogP contribution in [0.3, 0.4) is 0 Å². The fourth-order valence-corrected chi connectivity index (χ4v) is 2.35. The average Bonchev–Trinajstić information content (AvgIpc) is 2.63. The Bertz CT molecular complexity index is 742. The number of anilines is 2. The predicted octanol–water partition coefficient (Wildman–Crippen LogP) is 0.664. The number of nitrogens with two attached hydrogens (primary N) is 1. The summed E-state index contributed by atoms with van der Waals surface area (Å²) in [6.07, 6.45) is 1.37. The Morgan fingerprint density at radius 3 is 2.50 bits per heavy atom. The number of aromatic nitrogens is 2. The monoisotopic (exact) mass is 327 g/mol. The van der Waals surface area contributed by atoms with Gasteiger partial charge in [-0.1, -0.05) is 0 Å². The molecule has 1 aromatic carbocycles. The molecule has 2 heterocycles. The van der Waals surface area contributed by atoms with Gasteiger partial charge in [-0.15, -0.1) is 0 Å². The lowest BCUT2D eigenvalue weighted by Gasteiger charge is -2.27. The van der Waals surface area contributed by atoms with Crippen molar-refractivity contribution in [2.24, 2.45) is 5.73 Å². The molecular weight excluding hydrogens is 310 g/mol. The minimum Gasteiger partial charge on any atom is -0.378 e. The summed E-state index contributed by atoms with van der Waals surface area (Å²) in [5, 5.41) is 2.73. The second-order valence-corrected chi connectivity index (χ2v) is 5.26. The minimum atomic E-state index is -0.515. The zero-order valence-corrected chi connectivity index (χ0v) is 12.9. The van der Waals surface area contributed by atoms with Gasteiger partial charge < -0.3 is 20.7 Å². The fraction of sp³-hybridized carbons (Fsp3) is 0.250. The number of amides is 2. The number of nitrogens with zero attached hydrogens (tertiary/aromatic N) is 3. The van der Waals surface area contributed by atoms with Gasteiger partial charge in [-0.25, -0.2) is 9.97 Å². The van der Waals surface area contributed by atoms with Gasteiger partial charge in [0.1, 0.15) is 17.8 Å². The van der Waals surface area contributed by atoms with Crippen LogP contribution in [0.5, 0.6) is 0 Å². The van der Waals surface area contributed by atoms with Crippen LogP contribution in [-0.4, -0.2) is 48.1 Å². The second kappa shape index (κ2) is 7.05. The van der Waals surface area contributed by atoms with Crippen LogP contribution in [0, 0.1) is 0 Å². The molecule has 2 aromatic rings. The molecule has 1 aliphatic heterocycles. The molecule has 3 rings (SSSR count). The molecule has 124 valence electrons. The van der Waals surface area contributed by atoms with Crippen LogP contribution in [0.25, 0.3) is 0 Å². The van der Waals surface area contributed by atoms with Crippen molar-refractivity contribution in [1.29, 1.82) is 0 Å². The maximum absolute atomic E-state index is 12.3. The number of rotatable bonds is 4. The highest BCUT2D eigenvalue weighted by atomic mass is 16.5. The van der Waals surface area contributed by atoms with Crippen LogP contribution in [0.4, 0.5) is 11.5 Å². The quantitative estimate of drug-likeness (QED) is 0.854. The Kier molecular flexibility index (Phi) is 4.66. The Balaban J connectivity index is 1.71. The van der Waals surface area contributed by atoms with Gasteiger partial charge in [-0.2, -0.15) is 0 Å². The van der Waals surface area contributed by atoms with E-state index in [0.717, 1.165) is 13.1 Å². The molecule has 2 amide bonds. The topological polar surface area (TPSA) is 110 Å². The first-order valence-electron chi connectivity index (χ1n) is 7.49. The number of carbonyl (C=O) groups excluding carboxylic acids is 2. The van der Waals surface area contributed by atoms with E-state index in [4.69, 9.17) is 10.5 Å². The van der Waals surface area contributed by atoms with Crippen LogP contribution >= 0.6 is 0 Å². The van der Waals surface area contributed by atoms with Crippen molar-refractivity contribution in [3.63, 3.8) is 0 Å². The third-order valence-corrected chi connectivity index (χ3v) is 3.65. The molecule has 1 saturated heterocycles. The first kappa shape index (κ1) is 15.9. The summed E-state index contributed by atoms with van der Waals surface area (Å²) in [6, 6.07) is 7.98. The molecule has 0 saturated carbocycles. The van der Waals surface area contributed by atoms with Crippen molar-refractivity contribution in [1.82, 2.24) is 9.97 Å². The largest absolute Gasteiger partial charge is 0.378 e. The number of hydrogen-bond acceptors (Lipinski definition) is 6. The summed E-state index contributed by atoms with van der Waals surface area (Å²) < 4.78 is 5.31. The second-order valence-electron chi connectivity index (χ2n) is 5.26. The Morgan fingerprint density at radius 2 is 1.83 bits per heavy atom. The SMILES string of the molecule is NC(=O)c1ccc(NC(=O)c2cc(N3CCOCC3)ncn2)cc1. The molecule has 0 spiro atoms. The van der Waals surface area contributed by atoms with Gasteiger partial charge in [0.15, 0.2) is 0 Å². The van der Waals surface area contributed by atoms with Gasteiger partial charge >= 0.3 is 0 Å². The minimum absolute atomic E-state index is 0.269. The summed E-state index contributed by atoms with van der Waals surface area (Å²) in [6.45, 7) is 2.73. The van der Waals surface area contributed by atoms with E-state index in [1.807, 2.05) is 4.90 Å². The molecule has 8 nitrogen and oxygen atoms in total. The molecule has 0 bridgehead atoms. The lowest BCUT2D eigenvalue weighted by atomic mass is 10.2. The lowest BCUT2D eigenvalue weighted by Crippen LogP contribution is -2.37. The summed E-state index contributed by atoms with van der Waals surface area (Å²) in [7, 11) is 0. The van der Waals surface area contributed by atoms with Crippen LogP contribution in [-0.2, 0) is 4.74 Å². The fourth-order valence-electron chi connectivity index (χ4n) is 2.35. The van der Waals surface area contributed by atoms with E-state index in [9.17, 15) is 9.59 Å². The van der Waals surface area contributed by atoms with Gasteiger partial charge in [-0.05, 0) is 24.3 Å². The van der Waals surface area contributed by atoms with Gasteiger partial charge in [0.25, 0.3) is 5.91 Å². The van der Waals surface area contributed by atoms with Crippen molar-refractivity contribution in [2.75, 3.05) is 36.5 Å². The number of morpholine rings is 1. The molecule has 24 heavy (non-hydrogen) atoms. The van der Waals surface area contributed by atoms with Crippen molar-refractivity contribution < 1.29 is 14.3 Å². The molecule has 1 fully saturated rings.